The molecule has 2 aromatic rings. The average Bonchev–Trinajstić information content (AvgIpc) is 2.83. The van der Waals surface area contributed by atoms with Crippen molar-refractivity contribution in [1.82, 2.24) is 0 Å². The summed E-state index contributed by atoms with van der Waals surface area (Å²) >= 11 is 3.25. The SMILES string of the molecule is CC(Nc1c(F)cccc1Br)c1ccc(C(=O)O)o1. The number of rotatable bonds is 4. The summed E-state index contributed by atoms with van der Waals surface area (Å²) in [5.74, 6) is -1.25. The highest BCUT2D eigenvalue weighted by Gasteiger charge is 2.16. The predicted octanol–water partition coefficient (Wildman–Crippen LogP) is 4.05. The molecule has 2 N–H and O–H groups in total. The quantitative estimate of drug-likeness (QED) is 0.889. The Labute approximate surface area is 117 Å². The Morgan fingerprint density at radius 1 is 1.42 bits per heavy atom. The second kappa shape index (κ2) is 5.44. The second-order valence-corrected chi connectivity index (χ2v) is 4.82. The Morgan fingerprint density at radius 2 is 2.16 bits per heavy atom. The predicted molar refractivity (Wildman–Crippen MR) is 71.8 cm³/mol. The van der Waals surface area contributed by atoms with Crippen LogP contribution in [0.3, 0.4) is 0 Å². The van der Waals surface area contributed by atoms with Crippen molar-refractivity contribution in [3.8, 4) is 0 Å². The number of carbonyl (C=O) groups is 1. The van der Waals surface area contributed by atoms with Crippen LogP contribution in [0, 0.1) is 5.82 Å². The van der Waals surface area contributed by atoms with E-state index in [1.165, 1.54) is 12.1 Å². The Bertz CT molecular complexity index is 591. The van der Waals surface area contributed by atoms with Crippen molar-refractivity contribution in [1.29, 1.82) is 0 Å². The van der Waals surface area contributed by atoms with Gasteiger partial charge in [-0.15, -0.1) is 0 Å². The van der Waals surface area contributed by atoms with Gasteiger partial charge in [-0.3, -0.25) is 0 Å². The Morgan fingerprint density at radius 3 is 2.74 bits per heavy atom. The van der Waals surface area contributed by atoms with Crippen LogP contribution in [0.1, 0.15) is 29.3 Å². The number of hydrogen-bond donors (Lipinski definition) is 2. The van der Waals surface area contributed by atoms with Crippen molar-refractivity contribution in [3.63, 3.8) is 0 Å². The molecule has 0 aliphatic carbocycles. The van der Waals surface area contributed by atoms with Crippen molar-refractivity contribution in [2.45, 2.75) is 13.0 Å². The van der Waals surface area contributed by atoms with Crippen molar-refractivity contribution >= 4 is 27.6 Å². The fraction of sp³-hybridized carbons (Fsp3) is 0.154. The van der Waals surface area contributed by atoms with Crippen LogP contribution in [0.25, 0.3) is 0 Å². The minimum Gasteiger partial charge on any atom is -0.475 e. The maximum absolute atomic E-state index is 13.6. The number of furan rings is 1. The maximum atomic E-state index is 13.6. The number of halogens is 2. The van der Waals surface area contributed by atoms with Gasteiger partial charge in [-0.25, -0.2) is 9.18 Å². The number of carboxylic acid groups (broad SMARTS) is 1. The first-order chi connectivity index (χ1) is 8.99. The summed E-state index contributed by atoms with van der Waals surface area (Å²) in [7, 11) is 0. The van der Waals surface area contributed by atoms with Gasteiger partial charge in [0, 0.05) is 4.47 Å². The van der Waals surface area contributed by atoms with Crippen molar-refractivity contribution < 1.29 is 18.7 Å². The van der Waals surface area contributed by atoms with Gasteiger partial charge in [0.1, 0.15) is 11.6 Å². The molecule has 0 amide bonds. The Balaban J connectivity index is 2.20. The summed E-state index contributed by atoms with van der Waals surface area (Å²) in [6, 6.07) is 7.20. The number of hydrogen-bond acceptors (Lipinski definition) is 3. The fourth-order valence-electron chi connectivity index (χ4n) is 1.62. The van der Waals surface area contributed by atoms with E-state index in [1.807, 2.05) is 0 Å². The summed E-state index contributed by atoms with van der Waals surface area (Å²) in [5, 5.41) is 11.7. The van der Waals surface area contributed by atoms with Gasteiger partial charge in [-0.2, -0.15) is 0 Å². The number of carboxylic acids is 1. The van der Waals surface area contributed by atoms with Crippen molar-refractivity contribution in [3.05, 3.63) is 52.1 Å². The molecule has 0 aliphatic rings. The summed E-state index contributed by atoms with van der Waals surface area (Å²) < 4.78 is 19.4. The largest absolute Gasteiger partial charge is 0.475 e. The van der Waals surface area contributed by atoms with E-state index in [0.29, 0.717) is 15.9 Å². The molecular formula is C13H11BrFNO3. The van der Waals surface area contributed by atoms with Gasteiger partial charge in [0.2, 0.25) is 5.76 Å². The molecule has 0 saturated carbocycles. The lowest BCUT2D eigenvalue weighted by molar-refractivity contribution is 0.0660. The molecule has 1 atom stereocenters. The molecule has 0 aliphatic heterocycles. The zero-order valence-corrected chi connectivity index (χ0v) is 11.6. The third-order valence-electron chi connectivity index (χ3n) is 2.59. The van der Waals surface area contributed by atoms with E-state index < -0.39 is 11.8 Å². The molecule has 100 valence electrons. The van der Waals surface area contributed by atoms with Gasteiger partial charge < -0.3 is 14.8 Å². The molecule has 4 nitrogen and oxygen atoms in total. The number of nitrogens with one attached hydrogen (secondary N) is 1. The number of aromatic carboxylic acids is 1. The zero-order chi connectivity index (χ0) is 14.0. The first kappa shape index (κ1) is 13.6. The lowest BCUT2D eigenvalue weighted by Crippen LogP contribution is -2.07. The molecule has 6 heteroatoms. The van der Waals surface area contributed by atoms with Crippen LogP contribution < -0.4 is 5.32 Å². The fourth-order valence-corrected chi connectivity index (χ4v) is 2.08. The summed E-state index contributed by atoms with van der Waals surface area (Å²) in [5.41, 5.74) is 0.309. The zero-order valence-electron chi connectivity index (χ0n) is 9.98. The van der Waals surface area contributed by atoms with Crippen LogP contribution in [0.15, 0.2) is 39.2 Å². The molecule has 0 fully saturated rings. The van der Waals surface area contributed by atoms with E-state index in [0.717, 1.165) is 0 Å². The van der Waals surface area contributed by atoms with E-state index >= 15 is 0 Å². The lowest BCUT2D eigenvalue weighted by Gasteiger charge is -2.15. The van der Waals surface area contributed by atoms with E-state index in [9.17, 15) is 9.18 Å². The van der Waals surface area contributed by atoms with Gasteiger partial charge >= 0.3 is 5.97 Å². The highest BCUT2D eigenvalue weighted by atomic mass is 79.9. The number of benzene rings is 1. The summed E-state index contributed by atoms with van der Waals surface area (Å²) in [6.45, 7) is 1.75. The Kier molecular flexibility index (Phi) is 3.90. The first-order valence-corrected chi connectivity index (χ1v) is 6.32. The molecule has 2 rings (SSSR count). The van der Waals surface area contributed by atoms with Gasteiger partial charge in [0.05, 0.1) is 11.7 Å². The maximum Gasteiger partial charge on any atom is 0.371 e. The van der Waals surface area contributed by atoms with Crippen LogP contribution in [0.5, 0.6) is 0 Å². The molecular weight excluding hydrogens is 317 g/mol. The first-order valence-electron chi connectivity index (χ1n) is 5.52. The van der Waals surface area contributed by atoms with Crippen LogP contribution in [0.4, 0.5) is 10.1 Å². The van der Waals surface area contributed by atoms with E-state index in [2.05, 4.69) is 21.2 Å². The van der Waals surface area contributed by atoms with Crippen molar-refractivity contribution in [2.75, 3.05) is 5.32 Å². The van der Waals surface area contributed by atoms with Crippen LogP contribution >= 0.6 is 15.9 Å². The third-order valence-corrected chi connectivity index (χ3v) is 3.25. The average molecular weight is 328 g/mol. The Hall–Kier alpha value is -1.82. The molecule has 0 saturated heterocycles. The van der Waals surface area contributed by atoms with Crippen LogP contribution in [-0.2, 0) is 0 Å². The van der Waals surface area contributed by atoms with Crippen LogP contribution in [0.2, 0.25) is 0 Å². The van der Waals surface area contributed by atoms with Gasteiger partial charge in [0.25, 0.3) is 0 Å². The van der Waals surface area contributed by atoms with E-state index in [4.69, 9.17) is 9.52 Å². The van der Waals surface area contributed by atoms with Gasteiger partial charge in [-0.1, -0.05) is 6.07 Å². The molecule has 0 radical (unpaired) electrons. The molecule has 1 unspecified atom stereocenters. The van der Waals surface area contributed by atoms with Gasteiger partial charge in [-0.05, 0) is 47.1 Å². The van der Waals surface area contributed by atoms with Crippen LogP contribution in [-0.4, -0.2) is 11.1 Å². The van der Waals surface area contributed by atoms with E-state index in [1.54, 1.807) is 25.1 Å². The number of para-hydroxylation sites is 1. The number of anilines is 1. The molecule has 1 aromatic heterocycles. The monoisotopic (exact) mass is 327 g/mol. The normalized spacial score (nSPS) is 12.2. The molecule has 0 bridgehead atoms. The highest BCUT2D eigenvalue weighted by Crippen LogP contribution is 2.29. The standard InChI is InChI=1S/C13H11BrFNO3/c1-7(10-5-6-11(19-10)13(17)18)16-12-8(14)3-2-4-9(12)15/h2-7,16H,1H3,(H,17,18). The third kappa shape index (κ3) is 2.96. The van der Waals surface area contributed by atoms with Gasteiger partial charge in [0.15, 0.2) is 0 Å². The van der Waals surface area contributed by atoms with E-state index in [-0.39, 0.29) is 11.8 Å². The minimum absolute atomic E-state index is 0.142. The molecule has 0 spiro atoms. The summed E-state index contributed by atoms with van der Waals surface area (Å²) in [4.78, 5) is 10.7. The molecule has 1 heterocycles. The smallest absolute Gasteiger partial charge is 0.371 e. The topological polar surface area (TPSA) is 62.5 Å². The minimum atomic E-state index is -1.13. The summed E-state index contributed by atoms with van der Waals surface area (Å²) in [6.07, 6.45) is 0. The lowest BCUT2D eigenvalue weighted by atomic mass is 10.2. The van der Waals surface area contributed by atoms with Crippen molar-refractivity contribution in [2.24, 2.45) is 0 Å². The highest BCUT2D eigenvalue weighted by molar-refractivity contribution is 9.10. The molecule has 1 aromatic carbocycles. The molecule has 19 heavy (non-hydrogen) atoms. The second-order valence-electron chi connectivity index (χ2n) is 3.97.